The quantitative estimate of drug-likeness (QED) is 0.808. The zero-order valence-corrected chi connectivity index (χ0v) is 10.1. The highest BCUT2D eigenvalue weighted by molar-refractivity contribution is 5.62. The molecule has 0 radical (unpaired) electrons. The van der Waals surface area contributed by atoms with Crippen LogP contribution in [0.2, 0.25) is 0 Å². The van der Waals surface area contributed by atoms with Gasteiger partial charge in [0.05, 0.1) is 24.1 Å². The minimum absolute atomic E-state index is 0.487. The molecule has 0 bridgehead atoms. The second-order valence-electron chi connectivity index (χ2n) is 4.69. The molecule has 1 unspecified atom stereocenters. The van der Waals surface area contributed by atoms with Gasteiger partial charge in [-0.25, -0.2) is 0 Å². The van der Waals surface area contributed by atoms with Crippen LogP contribution in [0, 0.1) is 6.92 Å². The molecule has 2 aromatic rings. The first-order valence-electron chi connectivity index (χ1n) is 5.95. The summed E-state index contributed by atoms with van der Waals surface area (Å²) in [6, 6.07) is 4.61. The Balaban J connectivity index is 2.05. The number of aromatic nitrogens is 3. The van der Waals surface area contributed by atoms with Gasteiger partial charge in [0.15, 0.2) is 0 Å². The molecule has 3 rings (SSSR count). The summed E-state index contributed by atoms with van der Waals surface area (Å²) < 4.78 is 2.08. The van der Waals surface area contributed by atoms with Gasteiger partial charge in [0.1, 0.15) is 0 Å². The number of nitrogens with zero attached hydrogens (tertiary/aromatic N) is 3. The molecule has 1 atom stereocenters. The molecule has 1 aliphatic rings. The minimum atomic E-state index is 0.487. The lowest BCUT2D eigenvalue weighted by atomic mass is 10.1. The van der Waals surface area contributed by atoms with Crippen molar-refractivity contribution in [1.82, 2.24) is 20.1 Å². The topological polar surface area (TPSA) is 42.7 Å². The smallest absolute Gasteiger partial charge is 0.0739 e. The van der Waals surface area contributed by atoms with E-state index in [1.54, 1.807) is 0 Å². The molecule has 17 heavy (non-hydrogen) atoms. The van der Waals surface area contributed by atoms with Gasteiger partial charge in [-0.1, -0.05) is 0 Å². The fourth-order valence-electron chi connectivity index (χ4n) is 2.25. The Bertz CT molecular complexity index is 544. The van der Waals surface area contributed by atoms with Crippen molar-refractivity contribution >= 4 is 0 Å². The standard InChI is InChI=1S/C13H16N4/c1-9-3-4-14-12(5-9)11-6-16-17-8-10(2)15-7-13(11)17/h3-6,10,15H,7-8H2,1-2H3. The Hall–Kier alpha value is -1.68. The minimum Gasteiger partial charge on any atom is -0.307 e. The van der Waals surface area contributed by atoms with Gasteiger partial charge in [-0.05, 0) is 31.5 Å². The van der Waals surface area contributed by atoms with Gasteiger partial charge in [0, 0.05) is 24.3 Å². The highest BCUT2D eigenvalue weighted by atomic mass is 15.3. The summed E-state index contributed by atoms with van der Waals surface area (Å²) >= 11 is 0. The summed E-state index contributed by atoms with van der Waals surface area (Å²) in [5.74, 6) is 0. The maximum absolute atomic E-state index is 4.45. The van der Waals surface area contributed by atoms with E-state index in [-0.39, 0.29) is 0 Å². The molecule has 0 spiro atoms. The van der Waals surface area contributed by atoms with Gasteiger partial charge < -0.3 is 5.32 Å². The average Bonchev–Trinajstić information content (AvgIpc) is 2.71. The maximum Gasteiger partial charge on any atom is 0.0739 e. The first-order valence-corrected chi connectivity index (χ1v) is 5.95. The molecular formula is C13H16N4. The molecule has 0 fully saturated rings. The Morgan fingerprint density at radius 3 is 3.18 bits per heavy atom. The number of rotatable bonds is 1. The number of fused-ring (bicyclic) bond motifs is 1. The van der Waals surface area contributed by atoms with Crippen molar-refractivity contribution in [3.8, 4) is 11.3 Å². The van der Waals surface area contributed by atoms with Crippen molar-refractivity contribution in [2.75, 3.05) is 0 Å². The van der Waals surface area contributed by atoms with Crippen LogP contribution >= 0.6 is 0 Å². The largest absolute Gasteiger partial charge is 0.307 e. The van der Waals surface area contributed by atoms with E-state index in [1.807, 2.05) is 18.5 Å². The summed E-state index contributed by atoms with van der Waals surface area (Å²) in [6.07, 6.45) is 3.78. The molecule has 1 aliphatic heterocycles. The van der Waals surface area contributed by atoms with E-state index in [2.05, 4.69) is 40.0 Å². The van der Waals surface area contributed by atoms with E-state index >= 15 is 0 Å². The molecule has 2 aromatic heterocycles. The fraction of sp³-hybridized carbons (Fsp3) is 0.385. The molecule has 1 N–H and O–H groups in total. The lowest BCUT2D eigenvalue weighted by Gasteiger charge is -2.22. The first-order chi connectivity index (χ1) is 8.24. The van der Waals surface area contributed by atoms with Crippen LogP contribution in [0.5, 0.6) is 0 Å². The number of nitrogens with one attached hydrogen (secondary N) is 1. The highest BCUT2D eigenvalue weighted by Gasteiger charge is 2.19. The van der Waals surface area contributed by atoms with Crippen molar-refractivity contribution in [2.45, 2.75) is 33.0 Å². The van der Waals surface area contributed by atoms with Crippen LogP contribution < -0.4 is 5.32 Å². The van der Waals surface area contributed by atoms with Gasteiger partial charge in [0.25, 0.3) is 0 Å². The van der Waals surface area contributed by atoms with Gasteiger partial charge in [-0.15, -0.1) is 0 Å². The van der Waals surface area contributed by atoms with E-state index in [4.69, 9.17) is 0 Å². The monoisotopic (exact) mass is 228 g/mol. The van der Waals surface area contributed by atoms with Crippen LogP contribution in [0.25, 0.3) is 11.3 Å². The summed E-state index contributed by atoms with van der Waals surface area (Å²) in [7, 11) is 0. The summed E-state index contributed by atoms with van der Waals surface area (Å²) in [4.78, 5) is 4.43. The predicted molar refractivity (Wildman–Crippen MR) is 66.5 cm³/mol. The van der Waals surface area contributed by atoms with Crippen molar-refractivity contribution in [3.63, 3.8) is 0 Å². The second kappa shape index (κ2) is 3.96. The van der Waals surface area contributed by atoms with Crippen molar-refractivity contribution in [3.05, 3.63) is 35.8 Å². The molecular weight excluding hydrogens is 212 g/mol. The SMILES string of the molecule is Cc1ccnc(-c2cnn3c2CNC(C)C3)c1. The van der Waals surface area contributed by atoms with Crippen LogP contribution in [0.4, 0.5) is 0 Å². The fourth-order valence-corrected chi connectivity index (χ4v) is 2.25. The number of aryl methyl sites for hydroxylation is 1. The Kier molecular flexibility index (Phi) is 2.44. The Morgan fingerprint density at radius 2 is 2.35 bits per heavy atom. The zero-order chi connectivity index (χ0) is 11.8. The van der Waals surface area contributed by atoms with Crippen LogP contribution in [-0.4, -0.2) is 20.8 Å². The van der Waals surface area contributed by atoms with Crippen LogP contribution in [-0.2, 0) is 13.1 Å². The molecule has 3 heterocycles. The molecule has 0 saturated carbocycles. The van der Waals surface area contributed by atoms with E-state index in [0.29, 0.717) is 6.04 Å². The summed E-state index contributed by atoms with van der Waals surface area (Å²) in [6.45, 7) is 6.06. The van der Waals surface area contributed by atoms with Gasteiger partial charge in [0.2, 0.25) is 0 Å². The van der Waals surface area contributed by atoms with Crippen molar-refractivity contribution < 1.29 is 0 Å². The van der Waals surface area contributed by atoms with E-state index in [0.717, 1.165) is 24.3 Å². The van der Waals surface area contributed by atoms with Gasteiger partial charge in [-0.3, -0.25) is 9.67 Å². The zero-order valence-electron chi connectivity index (χ0n) is 10.1. The van der Waals surface area contributed by atoms with Crippen molar-refractivity contribution in [1.29, 1.82) is 0 Å². The van der Waals surface area contributed by atoms with Crippen LogP contribution in [0.1, 0.15) is 18.2 Å². The first kappa shape index (κ1) is 10.5. The van der Waals surface area contributed by atoms with Gasteiger partial charge >= 0.3 is 0 Å². The van der Waals surface area contributed by atoms with E-state index in [1.165, 1.54) is 11.3 Å². The lowest BCUT2D eigenvalue weighted by Crippen LogP contribution is -2.36. The third-order valence-electron chi connectivity index (χ3n) is 3.20. The summed E-state index contributed by atoms with van der Waals surface area (Å²) in [5.41, 5.74) is 4.63. The molecule has 4 nitrogen and oxygen atoms in total. The van der Waals surface area contributed by atoms with E-state index in [9.17, 15) is 0 Å². The Morgan fingerprint density at radius 1 is 1.47 bits per heavy atom. The molecule has 0 amide bonds. The number of pyridine rings is 1. The number of hydrogen-bond acceptors (Lipinski definition) is 3. The van der Waals surface area contributed by atoms with Crippen molar-refractivity contribution in [2.24, 2.45) is 0 Å². The molecule has 0 saturated heterocycles. The Labute approximate surface area is 101 Å². The van der Waals surface area contributed by atoms with Gasteiger partial charge in [-0.2, -0.15) is 5.10 Å². The lowest BCUT2D eigenvalue weighted by molar-refractivity contribution is 0.390. The second-order valence-corrected chi connectivity index (χ2v) is 4.69. The van der Waals surface area contributed by atoms with E-state index < -0.39 is 0 Å². The van der Waals surface area contributed by atoms with Crippen LogP contribution in [0.3, 0.4) is 0 Å². The molecule has 0 aliphatic carbocycles. The third kappa shape index (κ3) is 1.85. The molecule has 88 valence electrons. The molecule has 4 heteroatoms. The average molecular weight is 228 g/mol. The molecule has 0 aromatic carbocycles. The maximum atomic E-state index is 4.45. The van der Waals surface area contributed by atoms with Crippen LogP contribution in [0.15, 0.2) is 24.5 Å². The predicted octanol–water partition coefficient (Wildman–Crippen LogP) is 1.75. The summed E-state index contributed by atoms with van der Waals surface area (Å²) in [5, 5.41) is 7.91. The number of hydrogen-bond donors (Lipinski definition) is 1. The third-order valence-corrected chi connectivity index (χ3v) is 3.20. The highest BCUT2D eigenvalue weighted by Crippen LogP contribution is 2.24. The normalized spacial score (nSPS) is 19.1.